The minimum Gasteiger partial charge on any atom is -0.465 e. The molecule has 1 aliphatic heterocycles. The van der Waals surface area contributed by atoms with Crippen LogP contribution in [0.5, 0.6) is 0 Å². The van der Waals surface area contributed by atoms with Crippen LogP contribution in [-0.4, -0.2) is 17.1 Å². The number of nitrogens with zero attached hydrogens (tertiary/aromatic N) is 2. The van der Waals surface area contributed by atoms with Crippen molar-refractivity contribution in [3.8, 4) is 0 Å². The summed E-state index contributed by atoms with van der Waals surface area (Å²) >= 11 is 0. The molecule has 1 aromatic carbocycles. The Labute approximate surface area is 131 Å². The lowest BCUT2D eigenvalue weighted by molar-refractivity contribution is -0.176. The summed E-state index contributed by atoms with van der Waals surface area (Å²) in [6.45, 7) is 1.68. The number of rotatable bonds is 3. The van der Waals surface area contributed by atoms with Crippen molar-refractivity contribution in [1.82, 2.24) is 4.98 Å². The van der Waals surface area contributed by atoms with E-state index < -0.39 is 18.2 Å². The molecule has 0 spiro atoms. The van der Waals surface area contributed by atoms with E-state index in [-0.39, 0.29) is 12.3 Å². The average Bonchev–Trinajstić information content (AvgIpc) is 2.54. The van der Waals surface area contributed by atoms with Gasteiger partial charge in [-0.3, -0.25) is 4.98 Å². The van der Waals surface area contributed by atoms with Gasteiger partial charge in [-0.2, -0.15) is 13.2 Å². The van der Waals surface area contributed by atoms with Crippen molar-refractivity contribution in [1.29, 1.82) is 0 Å². The van der Waals surface area contributed by atoms with Crippen LogP contribution in [0.25, 0.3) is 0 Å². The zero-order valence-electron chi connectivity index (χ0n) is 12.5. The lowest BCUT2D eigenvalue weighted by Crippen LogP contribution is -2.39. The van der Waals surface area contributed by atoms with Crippen LogP contribution in [0.2, 0.25) is 0 Å². The predicted octanol–water partition coefficient (Wildman–Crippen LogP) is 4.75. The number of alkyl halides is 3. The van der Waals surface area contributed by atoms with Crippen molar-refractivity contribution in [3.63, 3.8) is 0 Å². The third kappa shape index (κ3) is 3.06. The van der Waals surface area contributed by atoms with E-state index in [0.29, 0.717) is 16.8 Å². The Bertz CT molecular complexity index is 728. The number of hydrogen-bond donors (Lipinski definition) is 0. The van der Waals surface area contributed by atoms with Crippen molar-refractivity contribution < 1.29 is 17.9 Å². The van der Waals surface area contributed by atoms with E-state index in [1.807, 2.05) is 6.07 Å². The molecule has 23 heavy (non-hydrogen) atoms. The number of ether oxygens (including phenoxy) is 1. The first-order valence-corrected chi connectivity index (χ1v) is 7.28. The molecule has 3 rings (SSSR count). The van der Waals surface area contributed by atoms with E-state index in [0.717, 1.165) is 0 Å². The molecule has 1 aromatic heterocycles. The molecule has 2 aromatic rings. The van der Waals surface area contributed by atoms with Crippen LogP contribution in [-0.2, 0) is 10.3 Å². The average molecular weight is 320 g/mol. The van der Waals surface area contributed by atoms with Gasteiger partial charge in [-0.25, -0.2) is 4.99 Å². The van der Waals surface area contributed by atoms with E-state index in [9.17, 15) is 13.2 Å². The highest BCUT2D eigenvalue weighted by molar-refractivity contribution is 5.97. The molecule has 1 unspecified atom stereocenters. The van der Waals surface area contributed by atoms with Crippen molar-refractivity contribution in [2.75, 3.05) is 0 Å². The molecule has 0 N–H and O–H groups in total. The van der Waals surface area contributed by atoms with E-state index in [1.54, 1.807) is 37.3 Å². The van der Waals surface area contributed by atoms with Crippen molar-refractivity contribution in [2.45, 2.75) is 31.5 Å². The zero-order chi connectivity index (χ0) is 16.5. The summed E-state index contributed by atoms with van der Waals surface area (Å²) in [6, 6.07) is 10.6. The first kappa shape index (κ1) is 15.5. The van der Waals surface area contributed by atoms with Crippen molar-refractivity contribution in [2.24, 2.45) is 4.99 Å². The van der Waals surface area contributed by atoms with E-state index >= 15 is 0 Å². The molecule has 0 amide bonds. The number of halogens is 3. The van der Waals surface area contributed by atoms with E-state index in [4.69, 9.17) is 4.74 Å². The van der Waals surface area contributed by atoms with Gasteiger partial charge in [-0.15, -0.1) is 0 Å². The minimum absolute atomic E-state index is 0.164. The van der Waals surface area contributed by atoms with Crippen LogP contribution in [0.4, 0.5) is 18.9 Å². The summed E-state index contributed by atoms with van der Waals surface area (Å²) in [5, 5.41) is 0. The molecule has 0 saturated carbocycles. The van der Waals surface area contributed by atoms with Crippen LogP contribution >= 0.6 is 0 Å². The second-order valence-electron chi connectivity index (χ2n) is 5.42. The number of pyridine rings is 1. The van der Waals surface area contributed by atoms with Gasteiger partial charge in [-0.1, -0.05) is 25.1 Å². The van der Waals surface area contributed by atoms with Gasteiger partial charge in [-0.05, 0) is 24.6 Å². The maximum atomic E-state index is 13.2. The largest absolute Gasteiger partial charge is 0.465 e. The lowest BCUT2D eigenvalue weighted by atomic mass is 9.86. The highest BCUT2D eigenvalue weighted by atomic mass is 19.4. The molecule has 2 heterocycles. The Balaban J connectivity index is 2.13. The van der Waals surface area contributed by atoms with Crippen LogP contribution in [0.3, 0.4) is 0 Å². The topological polar surface area (TPSA) is 34.5 Å². The maximum absolute atomic E-state index is 13.2. The Hall–Kier alpha value is -2.37. The fourth-order valence-electron chi connectivity index (χ4n) is 2.75. The third-order valence-corrected chi connectivity index (χ3v) is 3.88. The molecule has 3 nitrogen and oxygen atoms in total. The molecule has 1 aliphatic rings. The van der Waals surface area contributed by atoms with Gasteiger partial charge < -0.3 is 4.74 Å². The fourth-order valence-corrected chi connectivity index (χ4v) is 2.75. The Morgan fingerprint density at radius 3 is 2.52 bits per heavy atom. The summed E-state index contributed by atoms with van der Waals surface area (Å²) < 4.78 is 45.3. The second-order valence-corrected chi connectivity index (χ2v) is 5.42. The van der Waals surface area contributed by atoms with Gasteiger partial charge in [0.15, 0.2) is 0 Å². The van der Waals surface area contributed by atoms with Crippen LogP contribution in [0.15, 0.2) is 53.8 Å². The molecule has 0 saturated heterocycles. The van der Waals surface area contributed by atoms with Crippen LogP contribution in [0, 0.1) is 0 Å². The molecule has 0 radical (unpaired) electrons. The van der Waals surface area contributed by atoms with Gasteiger partial charge in [0.05, 0.1) is 12.1 Å². The van der Waals surface area contributed by atoms with Crippen LogP contribution < -0.4 is 0 Å². The number of benzene rings is 1. The second kappa shape index (κ2) is 5.68. The first-order valence-electron chi connectivity index (χ1n) is 7.28. The smallest absolute Gasteiger partial charge is 0.393 e. The molecule has 0 bridgehead atoms. The molecular formula is C17H15F3N2O. The molecule has 0 fully saturated rings. The predicted molar refractivity (Wildman–Crippen MR) is 80.6 cm³/mol. The van der Waals surface area contributed by atoms with Gasteiger partial charge in [0.25, 0.3) is 0 Å². The molecule has 120 valence electrons. The fraction of sp³-hybridized carbons (Fsp3) is 0.294. The van der Waals surface area contributed by atoms with Crippen molar-refractivity contribution in [3.05, 3.63) is 59.9 Å². The Kier molecular flexibility index (Phi) is 3.83. The first-order chi connectivity index (χ1) is 10.9. The summed E-state index contributed by atoms with van der Waals surface area (Å²) in [5.74, 6) is 0.204. The van der Waals surface area contributed by atoms with Gasteiger partial charge in [0.2, 0.25) is 5.90 Å². The summed E-state index contributed by atoms with van der Waals surface area (Å²) in [7, 11) is 0. The summed E-state index contributed by atoms with van der Waals surface area (Å²) in [4.78, 5) is 8.33. The van der Waals surface area contributed by atoms with Crippen molar-refractivity contribution >= 4 is 11.6 Å². The van der Waals surface area contributed by atoms with Crippen LogP contribution in [0.1, 0.15) is 30.9 Å². The quantitative estimate of drug-likeness (QED) is 0.818. The zero-order valence-corrected chi connectivity index (χ0v) is 12.5. The third-order valence-electron chi connectivity index (χ3n) is 3.88. The molecule has 1 atom stereocenters. The molecular weight excluding hydrogens is 305 g/mol. The number of hydrogen-bond acceptors (Lipinski definition) is 3. The number of aliphatic imine (C=N–C) groups is 1. The highest BCUT2D eigenvalue weighted by Crippen LogP contribution is 2.46. The SMILES string of the molecule is CCC1(CC(F)(F)F)OC(c2ccccc2)=Nc2ccncc21. The Morgan fingerprint density at radius 2 is 1.87 bits per heavy atom. The normalized spacial score (nSPS) is 20.4. The lowest BCUT2D eigenvalue weighted by Gasteiger charge is -2.38. The van der Waals surface area contributed by atoms with Gasteiger partial charge >= 0.3 is 6.18 Å². The molecule has 6 heteroatoms. The highest BCUT2D eigenvalue weighted by Gasteiger charge is 2.48. The van der Waals surface area contributed by atoms with Gasteiger partial charge in [0.1, 0.15) is 5.60 Å². The molecule has 0 aliphatic carbocycles. The minimum atomic E-state index is -4.36. The summed E-state index contributed by atoms with van der Waals surface area (Å²) in [6.07, 6.45) is -2.35. The van der Waals surface area contributed by atoms with E-state index in [2.05, 4.69) is 9.98 Å². The monoisotopic (exact) mass is 320 g/mol. The Morgan fingerprint density at radius 1 is 1.13 bits per heavy atom. The number of aromatic nitrogens is 1. The van der Waals surface area contributed by atoms with E-state index in [1.165, 1.54) is 12.4 Å². The van der Waals surface area contributed by atoms with Gasteiger partial charge in [0, 0.05) is 23.5 Å². The maximum Gasteiger partial charge on any atom is 0.393 e. The number of fused-ring (bicyclic) bond motifs is 1. The standard InChI is InChI=1S/C17H15F3N2O/c1-2-16(11-17(18,19)20)13-10-21-9-8-14(13)22-15(23-16)12-6-4-3-5-7-12/h3-10H,2,11H2,1H3. The summed E-state index contributed by atoms with van der Waals surface area (Å²) in [5.41, 5.74) is -0.0138.